The van der Waals surface area contributed by atoms with Crippen LogP contribution in [0.15, 0.2) is 52.4 Å². The molecule has 0 unspecified atom stereocenters. The number of hydrogen-bond acceptors (Lipinski definition) is 4. The van der Waals surface area contributed by atoms with Gasteiger partial charge in [0.15, 0.2) is 0 Å². The number of halogens is 6. The van der Waals surface area contributed by atoms with Crippen molar-refractivity contribution >= 4 is 29.2 Å². The van der Waals surface area contributed by atoms with Crippen LogP contribution < -0.4 is 16.2 Å². The molecular weight excluding hydrogens is 585 g/mol. The fraction of sp³-hybridized carbons (Fsp3) is 0.179. The topological polar surface area (TPSA) is 113 Å². The summed E-state index contributed by atoms with van der Waals surface area (Å²) in [6, 6.07) is 6.95. The second kappa shape index (κ2) is 10.2. The summed E-state index contributed by atoms with van der Waals surface area (Å²) < 4.78 is 71.2. The van der Waals surface area contributed by atoms with Crippen LogP contribution >= 0.6 is 11.6 Å². The van der Waals surface area contributed by atoms with Gasteiger partial charge in [0.2, 0.25) is 5.62 Å². The van der Waals surface area contributed by atoms with Gasteiger partial charge in [0.25, 0.3) is 11.8 Å². The molecule has 42 heavy (non-hydrogen) atoms. The Labute approximate surface area is 237 Å². The summed E-state index contributed by atoms with van der Waals surface area (Å²) in [5.74, 6) is -4.67. The second-order valence-corrected chi connectivity index (χ2v) is 9.94. The van der Waals surface area contributed by atoms with Gasteiger partial charge in [0.1, 0.15) is 23.5 Å². The molecule has 2 aromatic carbocycles. The monoisotopic (exact) mass is 601 g/mol. The number of nitrogens with zero attached hydrogens (tertiary/aromatic N) is 5. The minimum Gasteiger partial charge on any atom is -0.507 e. The Morgan fingerprint density at radius 2 is 1.88 bits per heavy atom. The van der Waals surface area contributed by atoms with Crippen molar-refractivity contribution in [3.05, 3.63) is 97.6 Å². The highest BCUT2D eigenvalue weighted by Crippen LogP contribution is 2.31. The van der Waals surface area contributed by atoms with Gasteiger partial charge in [0, 0.05) is 30.6 Å². The second-order valence-electron chi connectivity index (χ2n) is 9.53. The number of alkyl halides is 3. The third-order valence-electron chi connectivity index (χ3n) is 6.73. The largest absolute Gasteiger partial charge is 0.507 e. The van der Waals surface area contributed by atoms with Crippen molar-refractivity contribution in [1.29, 1.82) is 5.26 Å². The van der Waals surface area contributed by atoms with E-state index in [2.05, 4.69) is 9.98 Å². The van der Waals surface area contributed by atoms with Crippen molar-refractivity contribution in [2.75, 3.05) is 0 Å². The molecule has 0 saturated heterocycles. The number of rotatable bonds is 2. The lowest BCUT2D eigenvalue weighted by molar-refractivity contribution is -0.137. The summed E-state index contributed by atoms with van der Waals surface area (Å²) in [6.07, 6.45) is -4.96. The summed E-state index contributed by atoms with van der Waals surface area (Å²) in [4.78, 5) is 33.3. The van der Waals surface area contributed by atoms with Gasteiger partial charge in [-0.2, -0.15) is 23.4 Å². The number of aliphatic hydroxyl groups excluding tert-OH is 1. The SMILES string of the molecule is C[C@@H]1CC(=O)N=c2n(C)c3c(C#N)/c(=C(/O)c4cc(F)ccc4Cl)c(=NC(=O)c4cc(F)cc(C(F)(F)F)c4)cc-3n21. The summed E-state index contributed by atoms with van der Waals surface area (Å²) in [5.41, 5.74) is -2.20. The quantitative estimate of drug-likeness (QED) is 0.345. The highest BCUT2D eigenvalue weighted by atomic mass is 35.5. The van der Waals surface area contributed by atoms with Crippen molar-refractivity contribution in [1.82, 2.24) is 9.13 Å². The maximum absolute atomic E-state index is 14.2. The highest BCUT2D eigenvalue weighted by Gasteiger charge is 2.32. The van der Waals surface area contributed by atoms with E-state index < -0.39 is 63.1 Å². The molecule has 2 aromatic rings. The molecule has 2 amide bonds. The normalized spacial score (nSPS) is 16.2. The van der Waals surface area contributed by atoms with Gasteiger partial charge in [-0.05, 0) is 49.4 Å². The van der Waals surface area contributed by atoms with Gasteiger partial charge in [-0.25, -0.2) is 13.8 Å². The van der Waals surface area contributed by atoms with E-state index in [9.17, 15) is 41.9 Å². The summed E-state index contributed by atoms with van der Waals surface area (Å²) in [7, 11) is 1.51. The Balaban J connectivity index is 1.96. The zero-order valence-corrected chi connectivity index (χ0v) is 22.3. The first-order valence-corrected chi connectivity index (χ1v) is 12.5. The van der Waals surface area contributed by atoms with Crippen molar-refractivity contribution in [2.24, 2.45) is 17.0 Å². The average Bonchev–Trinajstić information content (AvgIpc) is 3.19. The molecule has 1 aliphatic carbocycles. The molecule has 8 nitrogen and oxygen atoms in total. The minimum absolute atomic E-state index is 0.00557. The first-order chi connectivity index (χ1) is 19.7. The molecule has 2 heterocycles. The molecule has 2 aliphatic heterocycles. The predicted octanol–water partition coefficient (Wildman–Crippen LogP) is 4.32. The highest BCUT2D eigenvalue weighted by molar-refractivity contribution is 6.32. The maximum atomic E-state index is 14.2. The van der Waals surface area contributed by atoms with Crippen LogP contribution in [0.2, 0.25) is 5.02 Å². The molecule has 14 heteroatoms. The molecule has 1 N–H and O–H groups in total. The predicted molar refractivity (Wildman–Crippen MR) is 138 cm³/mol. The van der Waals surface area contributed by atoms with E-state index in [4.69, 9.17) is 11.6 Å². The molecule has 5 rings (SSSR count). The molecule has 1 atom stereocenters. The van der Waals surface area contributed by atoms with Gasteiger partial charge in [0.05, 0.1) is 38.1 Å². The lowest BCUT2D eigenvalue weighted by Gasteiger charge is -2.17. The lowest BCUT2D eigenvalue weighted by atomic mass is 10.0. The van der Waals surface area contributed by atoms with Crippen molar-refractivity contribution < 1.29 is 36.6 Å². The van der Waals surface area contributed by atoms with Gasteiger partial charge < -0.3 is 14.2 Å². The molecule has 214 valence electrons. The number of aliphatic hydroxyl groups is 1. The molecule has 0 spiro atoms. The van der Waals surface area contributed by atoms with E-state index in [1.807, 2.05) is 6.07 Å². The number of fused-ring (bicyclic) bond motifs is 3. The van der Waals surface area contributed by atoms with E-state index >= 15 is 0 Å². The van der Waals surface area contributed by atoms with Crippen LogP contribution in [0.5, 0.6) is 0 Å². The van der Waals surface area contributed by atoms with E-state index in [0.29, 0.717) is 12.1 Å². The molecule has 0 aromatic heterocycles. The van der Waals surface area contributed by atoms with Crippen LogP contribution in [0.3, 0.4) is 0 Å². The van der Waals surface area contributed by atoms with Crippen LogP contribution in [0.4, 0.5) is 22.0 Å². The van der Waals surface area contributed by atoms with Crippen LogP contribution in [0, 0.1) is 23.0 Å². The van der Waals surface area contributed by atoms with Gasteiger partial charge in [-0.1, -0.05) is 11.6 Å². The number of carbonyl (C=O) groups excluding carboxylic acids is 2. The number of carbonyl (C=O) groups is 2. The number of nitriles is 1. The number of imidazole rings is 1. The van der Waals surface area contributed by atoms with E-state index in [0.717, 1.165) is 18.2 Å². The average molecular weight is 602 g/mol. The van der Waals surface area contributed by atoms with Crippen molar-refractivity contribution in [3.63, 3.8) is 0 Å². The molecule has 0 bridgehead atoms. The van der Waals surface area contributed by atoms with Crippen LogP contribution in [-0.2, 0) is 18.0 Å². The van der Waals surface area contributed by atoms with Crippen LogP contribution in [-0.4, -0.2) is 26.1 Å². The number of hydrogen-bond donors (Lipinski definition) is 1. The minimum atomic E-state index is -4.97. The Hall–Kier alpha value is -4.83. The van der Waals surface area contributed by atoms with Gasteiger partial charge in [-0.15, -0.1) is 0 Å². The number of aromatic nitrogens is 2. The third-order valence-corrected chi connectivity index (χ3v) is 7.06. The summed E-state index contributed by atoms with van der Waals surface area (Å²) in [5, 5.41) is 20.7. The van der Waals surface area contributed by atoms with E-state index in [1.54, 1.807) is 11.5 Å². The maximum Gasteiger partial charge on any atom is 0.416 e. The Bertz CT molecular complexity index is 2040. The van der Waals surface area contributed by atoms with Crippen molar-refractivity contribution in [3.8, 4) is 17.5 Å². The Morgan fingerprint density at radius 3 is 2.55 bits per heavy atom. The first-order valence-electron chi connectivity index (χ1n) is 12.1. The number of amides is 2. The van der Waals surface area contributed by atoms with E-state index in [1.165, 1.54) is 17.7 Å². The molecule has 0 fully saturated rings. The molecular formula is C28H17ClF5N5O3. The van der Waals surface area contributed by atoms with Gasteiger partial charge in [-0.3, -0.25) is 9.59 Å². The fourth-order valence-corrected chi connectivity index (χ4v) is 5.11. The van der Waals surface area contributed by atoms with Crippen LogP contribution in [0.1, 0.15) is 46.4 Å². The summed E-state index contributed by atoms with van der Waals surface area (Å²) >= 11 is 6.20. The van der Waals surface area contributed by atoms with Crippen molar-refractivity contribution in [2.45, 2.75) is 25.6 Å². The Kier molecular flexibility index (Phi) is 6.98. The standard InChI is InChI=1S/C28H17ClF5N5O3/c1-12-5-22(40)37-27-38(2)24-18(11-35)23(25(41)17-9-15(30)3-4-19(17)29)20(10-21(24)39(12)27)36-26(42)13-6-14(28(32,33)34)8-16(31)7-13/h3-4,6-10,12,41H,5H2,1-2H3/b25-23-,36-20?/t12-/m1/s1. The lowest BCUT2D eigenvalue weighted by Crippen LogP contribution is -2.34. The Morgan fingerprint density at radius 1 is 1.17 bits per heavy atom. The molecule has 0 radical (unpaired) electrons. The van der Waals surface area contributed by atoms with Crippen LogP contribution in [0.25, 0.3) is 17.1 Å². The van der Waals surface area contributed by atoms with Gasteiger partial charge >= 0.3 is 6.18 Å². The smallest absolute Gasteiger partial charge is 0.416 e. The zero-order chi connectivity index (χ0) is 30.7. The molecule has 3 aliphatic rings. The van der Waals surface area contributed by atoms with E-state index in [-0.39, 0.29) is 45.6 Å². The fourth-order valence-electron chi connectivity index (χ4n) is 4.90. The summed E-state index contributed by atoms with van der Waals surface area (Å²) in [6.45, 7) is 1.71. The first kappa shape index (κ1) is 28.7. The number of benzene rings is 3. The zero-order valence-electron chi connectivity index (χ0n) is 21.6. The third kappa shape index (κ3) is 4.83. The molecule has 0 saturated carbocycles.